The number of aromatic nitrogens is 4. The molecule has 1 aromatic carbocycles. The SMILES string of the molecule is Cc1cc(C2CCCN(C(=O)c3cc(F)ccc3P)C2)n2ncnc2n1. The summed E-state index contributed by atoms with van der Waals surface area (Å²) in [6.45, 7) is 3.16. The molecule has 0 spiro atoms. The summed E-state index contributed by atoms with van der Waals surface area (Å²) in [5, 5.41) is 4.98. The third-order valence-corrected chi connectivity index (χ3v) is 5.28. The van der Waals surface area contributed by atoms with Crippen LogP contribution in [0.2, 0.25) is 0 Å². The van der Waals surface area contributed by atoms with E-state index in [1.165, 1.54) is 18.5 Å². The van der Waals surface area contributed by atoms with Crippen LogP contribution in [0.3, 0.4) is 0 Å². The van der Waals surface area contributed by atoms with Crippen molar-refractivity contribution in [3.8, 4) is 0 Å². The van der Waals surface area contributed by atoms with Crippen LogP contribution in [0.1, 0.15) is 40.5 Å². The van der Waals surface area contributed by atoms with Crippen molar-refractivity contribution in [2.75, 3.05) is 13.1 Å². The minimum Gasteiger partial charge on any atom is -0.338 e. The molecule has 0 bridgehead atoms. The zero-order valence-corrected chi connectivity index (χ0v) is 15.5. The van der Waals surface area contributed by atoms with Gasteiger partial charge in [-0.2, -0.15) is 10.1 Å². The van der Waals surface area contributed by atoms with E-state index >= 15 is 0 Å². The van der Waals surface area contributed by atoms with Crippen LogP contribution in [-0.4, -0.2) is 43.5 Å². The minimum atomic E-state index is -0.401. The average molecular weight is 371 g/mol. The Labute approximate surface area is 152 Å². The number of likely N-dealkylation sites (tertiary alicyclic amines) is 1. The fourth-order valence-electron chi connectivity index (χ4n) is 3.54. The molecule has 3 aromatic rings. The van der Waals surface area contributed by atoms with E-state index in [0.717, 1.165) is 24.2 Å². The van der Waals surface area contributed by atoms with Gasteiger partial charge in [0.25, 0.3) is 11.7 Å². The summed E-state index contributed by atoms with van der Waals surface area (Å²) in [4.78, 5) is 23.3. The smallest absolute Gasteiger partial charge is 0.254 e. The Morgan fingerprint density at radius 3 is 3.04 bits per heavy atom. The maximum absolute atomic E-state index is 13.6. The number of piperidine rings is 1. The van der Waals surface area contributed by atoms with Crippen molar-refractivity contribution < 1.29 is 9.18 Å². The van der Waals surface area contributed by atoms with Gasteiger partial charge in [-0.15, -0.1) is 9.24 Å². The van der Waals surface area contributed by atoms with E-state index in [0.29, 0.717) is 29.7 Å². The Kier molecular flexibility index (Phi) is 4.41. The predicted octanol–water partition coefficient (Wildman–Crippen LogP) is 2.09. The summed E-state index contributed by atoms with van der Waals surface area (Å²) in [5.74, 6) is 0.169. The van der Waals surface area contributed by atoms with Crippen LogP contribution >= 0.6 is 9.24 Å². The van der Waals surface area contributed by atoms with Gasteiger partial charge < -0.3 is 4.90 Å². The number of halogens is 1. The van der Waals surface area contributed by atoms with E-state index in [1.54, 1.807) is 15.5 Å². The van der Waals surface area contributed by atoms with Crippen LogP contribution in [0.4, 0.5) is 4.39 Å². The summed E-state index contributed by atoms with van der Waals surface area (Å²) in [6, 6.07) is 6.28. The van der Waals surface area contributed by atoms with E-state index < -0.39 is 5.82 Å². The van der Waals surface area contributed by atoms with Crippen molar-refractivity contribution in [1.82, 2.24) is 24.5 Å². The normalized spacial score (nSPS) is 17.7. The number of amides is 1. The van der Waals surface area contributed by atoms with Crippen molar-refractivity contribution in [2.24, 2.45) is 0 Å². The molecule has 3 heterocycles. The van der Waals surface area contributed by atoms with Crippen LogP contribution in [0.5, 0.6) is 0 Å². The number of carbonyl (C=O) groups excluding carboxylic acids is 1. The minimum absolute atomic E-state index is 0.139. The number of rotatable bonds is 2. The summed E-state index contributed by atoms with van der Waals surface area (Å²) < 4.78 is 15.3. The van der Waals surface area contributed by atoms with E-state index in [9.17, 15) is 9.18 Å². The molecule has 0 aliphatic carbocycles. The average Bonchev–Trinajstić information content (AvgIpc) is 3.11. The lowest BCUT2D eigenvalue weighted by atomic mass is 9.93. The number of hydrogen-bond acceptors (Lipinski definition) is 4. The van der Waals surface area contributed by atoms with Gasteiger partial charge in [-0.05, 0) is 43.3 Å². The largest absolute Gasteiger partial charge is 0.338 e. The molecule has 1 aliphatic heterocycles. The van der Waals surface area contributed by atoms with Crippen molar-refractivity contribution in [3.63, 3.8) is 0 Å². The molecule has 6 nitrogen and oxygen atoms in total. The Morgan fingerprint density at radius 1 is 1.35 bits per heavy atom. The van der Waals surface area contributed by atoms with E-state index in [1.807, 2.05) is 13.0 Å². The van der Waals surface area contributed by atoms with Gasteiger partial charge in [0.1, 0.15) is 12.1 Å². The maximum Gasteiger partial charge on any atom is 0.254 e. The van der Waals surface area contributed by atoms with Gasteiger partial charge in [0.05, 0.1) is 5.69 Å². The van der Waals surface area contributed by atoms with E-state index in [2.05, 4.69) is 24.3 Å². The first kappa shape index (κ1) is 17.0. The zero-order valence-electron chi connectivity index (χ0n) is 14.4. The lowest BCUT2D eigenvalue weighted by molar-refractivity contribution is 0.0706. The lowest BCUT2D eigenvalue weighted by Gasteiger charge is -2.33. The molecule has 2 aromatic heterocycles. The first-order chi connectivity index (χ1) is 12.5. The molecular formula is C18H19FN5OP. The third kappa shape index (κ3) is 3.07. The molecule has 4 rings (SSSR count). The van der Waals surface area contributed by atoms with Gasteiger partial charge in [-0.3, -0.25) is 4.79 Å². The molecule has 2 atom stereocenters. The van der Waals surface area contributed by atoms with Crippen LogP contribution in [0.25, 0.3) is 5.78 Å². The molecule has 1 fully saturated rings. The molecule has 1 amide bonds. The topological polar surface area (TPSA) is 63.4 Å². The van der Waals surface area contributed by atoms with Gasteiger partial charge in [-0.1, -0.05) is 6.07 Å². The molecule has 0 radical (unpaired) electrons. The van der Waals surface area contributed by atoms with Crippen LogP contribution in [-0.2, 0) is 0 Å². The highest BCUT2D eigenvalue weighted by Crippen LogP contribution is 2.28. The van der Waals surface area contributed by atoms with Crippen LogP contribution in [0.15, 0.2) is 30.6 Å². The van der Waals surface area contributed by atoms with Gasteiger partial charge in [-0.25, -0.2) is 13.9 Å². The van der Waals surface area contributed by atoms with Gasteiger partial charge in [0.2, 0.25) is 0 Å². The summed E-state index contributed by atoms with van der Waals surface area (Å²) in [5.41, 5.74) is 2.28. The Hall–Kier alpha value is -2.40. The van der Waals surface area contributed by atoms with Crippen molar-refractivity contribution in [3.05, 3.63) is 53.4 Å². The van der Waals surface area contributed by atoms with Crippen molar-refractivity contribution >= 4 is 26.2 Å². The van der Waals surface area contributed by atoms with Crippen LogP contribution < -0.4 is 5.30 Å². The summed E-state index contributed by atoms with van der Waals surface area (Å²) in [7, 11) is 2.51. The van der Waals surface area contributed by atoms with Gasteiger partial charge in [0, 0.05) is 30.3 Å². The standard InChI is InChI=1S/C18H19FN5OP/c1-11-7-15(24-18(22-11)20-10-21-24)12-3-2-6-23(9-12)17(25)14-8-13(19)4-5-16(14)26/h4-5,7-8,10,12H,2-3,6,9,26H2,1H3. The van der Waals surface area contributed by atoms with Gasteiger partial charge >= 0.3 is 0 Å². The number of fused-ring (bicyclic) bond motifs is 1. The second-order valence-electron chi connectivity index (χ2n) is 6.62. The van der Waals surface area contributed by atoms with Gasteiger partial charge in [0.15, 0.2) is 0 Å². The highest BCUT2D eigenvalue weighted by Gasteiger charge is 2.28. The molecule has 134 valence electrons. The third-order valence-electron chi connectivity index (χ3n) is 4.78. The molecular weight excluding hydrogens is 352 g/mol. The van der Waals surface area contributed by atoms with Crippen molar-refractivity contribution in [2.45, 2.75) is 25.7 Å². The van der Waals surface area contributed by atoms with E-state index in [-0.39, 0.29) is 11.8 Å². The van der Waals surface area contributed by atoms with Crippen LogP contribution in [0, 0.1) is 12.7 Å². The monoisotopic (exact) mass is 371 g/mol. The number of nitrogens with zero attached hydrogens (tertiary/aromatic N) is 5. The Morgan fingerprint density at radius 2 is 2.19 bits per heavy atom. The fourth-order valence-corrected chi connectivity index (χ4v) is 3.84. The highest BCUT2D eigenvalue weighted by molar-refractivity contribution is 7.27. The molecule has 0 N–H and O–H groups in total. The van der Waals surface area contributed by atoms with E-state index in [4.69, 9.17) is 0 Å². The molecule has 8 heteroatoms. The Bertz CT molecular complexity index is 989. The second-order valence-corrected chi connectivity index (χ2v) is 7.24. The number of hydrogen-bond donors (Lipinski definition) is 0. The van der Waals surface area contributed by atoms with Crippen molar-refractivity contribution in [1.29, 1.82) is 0 Å². The maximum atomic E-state index is 13.6. The number of benzene rings is 1. The predicted molar refractivity (Wildman–Crippen MR) is 99.1 cm³/mol. The quantitative estimate of drug-likeness (QED) is 0.647. The molecule has 1 aliphatic rings. The first-order valence-corrected chi connectivity index (χ1v) is 9.12. The Balaban J connectivity index is 1.64. The zero-order chi connectivity index (χ0) is 18.3. The number of carbonyl (C=O) groups is 1. The first-order valence-electron chi connectivity index (χ1n) is 8.54. The second kappa shape index (κ2) is 6.72. The molecule has 0 saturated carbocycles. The molecule has 2 unspecified atom stereocenters. The summed E-state index contributed by atoms with van der Waals surface area (Å²) in [6.07, 6.45) is 3.33. The summed E-state index contributed by atoms with van der Waals surface area (Å²) >= 11 is 0. The highest BCUT2D eigenvalue weighted by atomic mass is 31.0. The fraction of sp³-hybridized carbons (Fsp3) is 0.333. The molecule has 26 heavy (non-hydrogen) atoms. The number of aryl methyl sites for hydroxylation is 1. The lowest BCUT2D eigenvalue weighted by Crippen LogP contribution is -2.40. The molecule has 1 saturated heterocycles.